The van der Waals surface area contributed by atoms with Gasteiger partial charge in [0, 0.05) is 16.8 Å². The van der Waals surface area contributed by atoms with Gasteiger partial charge in [0.05, 0.1) is 5.69 Å². The van der Waals surface area contributed by atoms with E-state index in [1.54, 1.807) is 6.33 Å². The quantitative estimate of drug-likeness (QED) is 0.598. The SMILES string of the molecule is Cc1cc(-c2ccc(Cl)cc2)nc(-n2cnc(I)c2)c1. The van der Waals surface area contributed by atoms with E-state index >= 15 is 0 Å². The maximum atomic E-state index is 5.93. The number of aryl methyl sites for hydroxylation is 1. The largest absolute Gasteiger partial charge is 0.289 e. The van der Waals surface area contributed by atoms with Crippen LogP contribution in [-0.4, -0.2) is 14.5 Å². The van der Waals surface area contributed by atoms with Crippen LogP contribution in [0.1, 0.15) is 5.56 Å². The fourth-order valence-corrected chi connectivity index (χ4v) is 2.52. The summed E-state index contributed by atoms with van der Waals surface area (Å²) >= 11 is 8.11. The van der Waals surface area contributed by atoms with E-state index in [0.717, 1.165) is 31.4 Å². The number of halogens is 2. The van der Waals surface area contributed by atoms with Gasteiger partial charge in [-0.3, -0.25) is 4.57 Å². The van der Waals surface area contributed by atoms with Crippen LogP contribution in [0.4, 0.5) is 0 Å². The van der Waals surface area contributed by atoms with Crippen LogP contribution in [0, 0.1) is 10.6 Å². The summed E-state index contributed by atoms with van der Waals surface area (Å²) in [5, 5.41) is 0.728. The molecule has 0 aliphatic rings. The smallest absolute Gasteiger partial charge is 0.138 e. The molecule has 0 aliphatic carbocycles. The molecule has 0 radical (unpaired) electrons. The average molecular weight is 396 g/mol. The zero-order valence-electron chi connectivity index (χ0n) is 10.7. The van der Waals surface area contributed by atoms with Crippen LogP contribution in [-0.2, 0) is 0 Å². The third kappa shape index (κ3) is 2.86. The highest BCUT2D eigenvalue weighted by Gasteiger charge is 2.06. The highest BCUT2D eigenvalue weighted by Crippen LogP contribution is 2.22. The van der Waals surface area contributed by atoms with Gasteiger partial charge in [-0.15, -0.1) is 0 Å². The molecule has 0 bridgehead atoms. The third-order valence-electron chi connectivity index (χ3n) is 2.91. The van der Waals surface area contributed by atoms with Crippen molar-refractivity contribution < 1.29 is 0 Å². The molecule has 1 aromatic carbocycles. The Hall–Kier alpha value is -1.40. The predicted octanol–water partition coefficient (Wildman–Crippen LogP) is 4.50. The van der Waals surface area contributed by atoms with Gasteiger partial charge in [0.2, 0.25) is 0 Å². The van der Waals surface area contributed by atoms with E-state index in [0.29, 0.717) is 0 Å². The van der Waals surface area contributed by atoms with Crippen LogP contribution in [0.3, 0.4) is 0 Å². The summed E-state index contributed by atoms with van der Waals surface area (Å²) in [6, 6.07) is 11.8. The Morgan fingerprint density at radius 3 is 2.55 bits per heavy atom. The minimum atomic E-state index is 0.728. The Bertz CT molecular complexity index is 750. The van der Waals surface area contributed by atoms with Gasteiger partial charge >= 0.3 is 0 Å². The Kier molecular flexibility index (Phi) is 3.76. The highest BCUT2D eigenvalue weighted by molar-refractivity contribution is 14.1. The zero-order valence-corrected chi connectivity index (χ0v) is 13.6. The van der Waals surface area contributed by atoms with Crippen molar-refractivity contribution in [3.05, 3.63) is 63.2 Å². The predicted molar refractivity (Wildman–Crippen MR) is 89.3 cm³/mol. The lowest BCUT2D eigenvalue weighted by molar-refractivity contribution is 0.990. The highest BCUT2D eigenvalue weighted by atomic mass is 127. The number of nitrogens with zero attached hydrogens (tertiary/aromatic N) is 3. The fourth-order valence-electron chi connectivity index (χ4n) is 1.97. The number of aromatic nitrogens is 3. The molecule has 5 heteroatoms. The van der Waals surface area contributed by atoms with E-state index in [4.69, 9.17) is 16.6 Å². The molecule has 100 valence electrons. The lowest BCUT2D eigenvalue weighted by atomic mass is 10.1. The Balaban J connectivity index is 2.09. The first kappa shape index (κ1) is 13.6. The number of rotatable bonds is 2. The Morgan fingerprint density at radius 1 is 1.15 bits per heavy atom. The molecule has 3 aromatic rings. The van der Waals surface area contributed by atoms with Crippen molar-refractivity contribution in [2.24, 2.45) is 0 Å². The molecule has 20 heavy (non-hydrogen) atoms. The lowest BCUT2D eigenvalue weighted by Gasteiger charge is -2.07. The van der Waals surface area contributed by atoms with Crippen molar-refractivity contribution >= 4 is 34.2 Å². The summed E-state index contributed by atoms with van der Waals surface area (Å²) in [5.41, 5.74) is 3.14. The standard InChI is InChI=1S/C15H11ClIN3/c1-10-6-13(11-2-4-12(16)5-3-11)19-15(7-10)20-8-14(17)18-9-20/h2-9H,1H3. The van der Waals surface area contributed by atoms with Gasteiger partial charge < -0.3 is 0 Å². The molecule has 0 fully saturated rings. The van der Waals surface area contributed by atoms with E-state index in [2.05, 4.69) is 40.6 Å². The van der Waals surface area contributed by atoms with Crippen molar-refractivity contribution in [2.45, 2.75) is 6.92 Å². The summed E-state index contributed by atoms with van der Waals surface area (Å²) < 4.78 is 2.87. The van der Waals surface area contributed by atoms with Crippen molar-refractivity contribution in [3.63, 3.8) is 0 Å². The third-order valence-corrected chi connectivity index (χ3v) is 3.72. The Morgan fingerprint density at radius 2 is 1.90 bits per heavy atom. The van der Waals surface area contributed by atoms with Gasteiger partial charge in [-0.2, -0.15) is 0 Å². The van der Waals surface area contributed by atoms with E-state index < -0.39 is 0 Å². The molecule has 0 spiro atoms. The number of hydrogen-bond acceptors (Lipinski definition) is 2. The van der Waals surface area contributed by atoms with Gasteiger partial charge in [0.1, 0.15) is 15.8 Å². The van der Waals surface area contributed by atoms with Crippen molar-refractivity contribution in [2.75, 3.05) is 0 Å². The molecular weight excluding hydrogens is 385 g/mol. The maximum absolute atomic E-state index is 5.93. The molecule has 0 unspecified atom stereocenters. The molecule has 0 amide bonds. The monoisotopic (exact) mass is 395 g/mol. The first-order valence-electron chi connectivity index (χ1n) is 6.06. The molecular formula is C15H11ClIN3. The number of imidazole rings is 1. The zero-order chi connectivity index (χ0) is 14.1. The summed E-state index contributed by atoms with van der Waals surface area (Å²) in [7, 11) is 0. The minimum Gasteiger partial charge on any atom is -0.289 e. The second kappa shape index (κ2) is 5.54. The average Bonchev–Trinajstić information content (AvgIpc) is 2.85. The van der Waals surface area contributed by atoms with Crippen molar-refractivity contribution in [1.82, 2.24) is 14.5 Å². The van der Waals surface area contributed by atoms with Crippen LogP contribution in [0.2, 0.25) is 5.02 Å². The molecule has 0 saturated carbocycles. The van der Waals surface area contributed by atoms with Gasteiger partial charge in [-0.05, 0) is 59.3 Å². The first-order valence-corrected chi connectivity index (χ1v) is 7.52. The minimum absolute atomic E-state index is 0.728. The van der Waals surface area contributed by atoms with Gasteiger partial charge in [0.15, 0.2) is 0 Å². The van der Waals surface area contributed by atoms with E-state index in [1.165, 1.54) is 0 Å². The molecule has 2 aromatic heterocycles. The first-order chi connectivity index (χ1) is 9.61. The number of hydrogen-bond donors (Lipinski definition) is 0. The second-order valence-electron chi connectivity index (χ2n) is 4.50. The van der Waals surface area contributed by atoms with E-state index in [9.17, 15) is 0 Å². The van der Waals surface area contributed by atoms with Crippen molar-refractivity contribution in [3.8, 4) is 17.1 Å². The molecule has 0 aliphatic heterocycles. The van der Waals surface area contributed by atoms with Crippen LogP contribution < -0.4 is 0 Å². The normalized spacial score (nSPS) is 10.8. The van der Waals surface area contributed by atoms with Gasteiger partial charge in [-0.1, -0.05) is 23.7 Å². The molecule has 3 rings (SSSR count). The second-order valence-corrected chi connectivity index (χ2v) is 6.04. The summed E-state index contributed by atoms with van der Waals surface area (Å²) in [6.45, 7) is 2.06. The maximum Gasteiger partial charge on any atom is 0.138 e. The van der Waals surface area contributed by atoms with Crippen LogP contribution in [0.25, 0.3) is 17.1 Å². The summed E-state index contributed by atoms with van der Waals surface area (Å²) in [4.78, 5) is 8.92. The molecule has 0 saturated heterocycles. The Labute approximate surface area is 135 Å². The number of pyridine rings is 1. The summed E-state index contributed by atoms with van der Waals surface area (Å²) in [6.07, 6.45) is 3.73. The topological polar surface area (TPSA) is 30.7 Å². The van der Waals surface area contributed by atoms with Crippen molar-refractivity contribution in [1.29, 1.82) is 0 Å². The van der Waals surface area contributed by atoms with E-state index in [1.807, 2.05) is 41.1 Å². The molecule has 0 N–H and O–H groups in total. The summed E-state index contributed by atoms with van der Waals surface area (Å²) in [5.74, 6) is 0.866. The number of benzene rings is 1. The van der Waals surface area contributed by atoms with Crippen LogP contribution in [0.15, 0.2) is 48.9 Å². The molecule has 3 nitrogen and oxygen atoms in total. The fraction of sp³-hybridized carbons (Fsp3) is 0.0667. The lowest BCUT2D eigenvalue weighted by Crippen LogP contribution is -1.97. The van der Waals surface area contributed by atoms with Gasteiger partial charge in [0.25, 0.3) is 0 Å². The molecule has 2 heterocycles. The van der Waals surface area contributed by atoms with Gasteiger partial charge in [-0.25, -0.2) is 9.97 Å². The molecule has 0 atom stereocenters. The van der Waals surface area contributed by atoms with Crippen LogP contribution >= 0.6 is 34.2 Å². The van der Waals surface area contributed by atoms with E-state index in [-0.39, 0.29) is 0 Å². The van der Waals surface area contributed by atoms with Crippen LogP contribution in [0.5, 0.6) is 0 Å².